The highest BCUT2D eigenvalue weighted by Crippen LogP contribution is 2.31. The third-order valence-corrected chi connectivity index (χ3v) is 7.03. The van der Waals surface area contributed by atoms with Crippen LogP contribution < -0.4 is 19.9 Å². The van der Waals surface area contributed by atoms with Crippen molar-refractivity contribution in [2.45, 2.75) is 25.7 Å². The predicted octanol–water partition coefficient (Wildman–Crippen LogP) is 5.92. The summed E-state index contributed by atoms with van der Waals surface area (Å²) in [4.78, 5) is 38.3. The molecule has 1 aliphatic rings. The van der Waals surface area contributed by atoms with Crippen LogP contribution in [0.25, 0.3) is 0 Å². The summed E-state index contributed by atoms with van der Waals surface area (Å²) in [6.45, 7) is 5.50. The number of ether oxygens (including phenoxy) is 1. The molecular weight excluding hydrogens is 530 g/mol. The molecule has 4 aromatic rings. The number of amides is 1. The molecule has 2 N–H and O–H groups in total. The number of rotatable bonds is 11. The highest BCUT2D eigenvalue weighted by Gasteiger charge is 2.25. The smallest absolute Gasteiger partial charge is 0.308 e. The van der Waals surface area contributed by atoms with Crippen molar-refractivity contribution in [1.29, 1.82) is 0 Å². The van der Waals surface area contributed by atoms with E-state index in [2.05, 4.69) is 16.8 Å². The van der Waals surface area contributed by atoms with Crippen molar-refractivity contribution in [3.05, 3.63) is 114 Å². The van der Waals surface area contributed by atoms with Crippen LogP contribution in [-0.2, 0) is 17.6 Å². The molecule has 9 heteroatoms. The van der Waals surface area contributed by atoms with Crippen molar-refractivity contribution in [2.24, 2.45) is 0 Å². The minimum absolute atomic E-state index is 0.173. The van der Waals surface area contributed by atoms with E-state index in [0.29, 0.717) is 52.2 Å². The molecule has 42 heavy (non-hydrogen) atoms. The maximum absolute atomic E-state index is 13.1. The number of carboxylic acids is 1. The van der Waals surface area contributed by atoms with Crippen LogP contribution in [0.15, 0.2) is 91.6 Å². The van der Waals surface area contributed by atoms with Gasteiger partial charge in [-0.15, -0.1) is 0 Å². The molecule has 214 valence electrons. The van der Waals surface area contributed by atoms with Crippen molar-refractivity contribution in [3.63, 3.8) is 0 Å². The maximum Gasteiger partial charge on any atom is 0.308 e. The fraction of sp³-hybridized carbons (Fsp3) is 0.212. The Bertz CT molecular complexity index is 1570. The van der Waals surface area contributed by atoms with Crippen molar-refractivity contribution in [3.8, 4) is 11.5 Å². The number of benzene rings is 3. The standard InChI is InChI=1S/C33H33N5O4/c1-3-37(2)31-27(22-30(39)40)32(38-19-9-10-20-38)36-29(35-31)21-23-15-17-24(18-16-23)34-33(41)26-13-7-8-14-28(26)42-25-11-5-4-6-12-25/h3-8,11-18H,1,9-10,19-22H2,2H3,(H,34,41)(H,39,40). The Hall–Kier alpha value is -5.18. The van der Waals surface area contributed by atoms with Crippen molar-refractivity contribution in [2.75, 3.05) is 35.3 Å². The number of aromatic nitrogens is 2. The van der Waals surface area contributed by atoms with E-state index in [4.69, 9.17) is 14.7 Å². The van der Waals surface area contributed by atoms with Gasteiger partial charge in [0.05, 0.1) is 12.0 Å². The third-order valence-electron chi connectivity index (χ3n) is 7.03. The summed E-state index contributed by atoms with van der Waals surface area (Å²) in [6.07, 6.45) is 3.95. The number of hydrogen-bond donors (Lipinski definition) is 2. The van der Waals surface area contributed by atoms with Gasteiger partial charge in [-0.05, 0) is 61.0 Å². The van der Waals surface area contributed by atoms with E-state index in [1.165, 1.54) is 0 Å². The summed E-state index contributed by atoms with van der Waals surface area (Å²) >= 11 is 0. The summed E-state index contributed by atoms with van der Waals surface area (Å²) in [5.74, 6) is 1.70. The number of anilines is 3. The topological polar surface area (TPSA) is 108 Å². The summed E-state index contributed by atoms with van der Waals surface area (Å²) < 4.78 is 5.94. The predicted molar refractivity (Wildman–Crippen MR) is 164 cm³/mol. The first kappa shape index (κ1) is 28.4. The zero-order valence-electron chi connectivity index (χ0n) is 23.5. The van der Waals surface area contributed by atoms with Crippen LogP contribution in [0.5, 0.6) is 11.5 Å². The van der Waals surface area contributed by atoms with Gasteiger partial charge in [0.25, 0.3) is 5.91 Å². The van der Waals surface area contributed by atoms with Crippen LogP contribution in [0.3, 0.4) is 0 Å². The summed E-state index contributed by atoms with van der Waals surface area (Å²) in [5.41, 5.74) is 2.60. The van der Waals surface area contributed by atoms with E-state index in [-0.39, 0.29) is 12.3 Å². The Balaban J connectivity index is 1.35. The van der Waals surface area contributed by atoms with Gasteiger partial charge < -0.3 is 25.0 Å². The van der Waals surface area contributed by atoms with Crippen molar-refractivity contribution in [1.82, 2.24) is 9.97 Å². The van der Waals surface area contributed by atoms with Gasteiger partial charge in [-0.2, -0.15) is 0 Å². The van der Waals surface area contributed by atoms with Crippen molar-refractivity contribution < 1.29 is 19.4 Å². The highest BCUT2D eigenvalue weighted by molar-refractivity contribution is 6.06. The second-order valence-corrected chi connectivity index (χ2v) is 10.1. The molecule has 1 aromatic heterocycles. The normalized spacial score (nSPS) is 12.5. The summed E-state index contributed by atoms with van der Waals surface area (Å²) in [6, 6.07) is 24.0. The van der Waals surface area contributed by atoms with Crippen LogP contribution >= 0.6 is 0 Å². The van der Waals surface area contributed by atoms with Gasteiger partial charge in [0.2, 0.25) is 0 Å². The molecule has 2 heterocycles. The van der Waals surface area contributed by atoms with Crippen LogP contribution in [0.2, 0.25) is 0 Å². The number of nitrogens with one attached hydrogen (secondary N) is 1. The Morgan fingerprint density at radius 3 is 2.38 bits per heavy atom. The Labute approximate surface area is 245 Å². The molecule has 0 aliphatic carbocycles. The molecule has 0 atom stereocenters. The van der Waals surface area contributed by atoms with Crippen LogP contribution in [0.1, 0.15) is 40.2 Å². The van der Waals surface area contributed by atoms with Crippen LogP contribution in [-0.4, -0.2) is 47.1 Å². The molecule has 1 saturated heterocycles. The highest BCUT2D eigenvalue weighted by atomic mass is 16.5. The zero-order chi connectivity index (χ0) is 29.5. The Morgan fingerprint density at radius 2 is 1.69 bits per heavy atom. The molecular formula is C33H33N5O4. The van der Waals surface area contributed by atoms with E-state index >= 15 is 0 Å². The molecule has 3 aromatic carbocycles. The van der Waals surface area contributed by atoms with Gasteiger partial charge in [-0.1, -0.05) is 49.0 Å². The van der Waals surface area contributed by atoms with E-state index in [0.717, 1.165) is 31.5 Å². The minimum atomic E-state index is -0.933. The Morgan fingerprint density at radius 1 is 1.00 bits per heavy atom. The molecule has 1 amide bonds. The van der Waals surface area contributed by atoms with Gasteiger partial charge in [0.1, 0.15) is 29.0 Å². The van der Waals surface area contributed by atoms with Crippen molar-refractivity contribution >= 4 is 29.2 Å². The lowest BCUT2D eigenvalue weighted by Crippen LogP contribution is -2.25. The number of para-hydroxylation sites is 2. The SMILES string of the molecule is C=CN(C)c1nc(Cc2ccc(NC(=O)c3ccccc3Oc3ccccc3)cc2)nc(N2CCCC2)c1CC(=O)O. The molecule has 0 saturated carbocycles. The first-order chi connectivity index (χ1) is 20.4. The first-order valence-corrected chi connectivity index (χ1v) is 13.9. The van der Waals surface area contributed by atoms with Gasteiger partial charge in [-0.3, -0.25) is 9.59 Å². The van der Waals surface area contributed by atoms with Gasteiger partial charge in [-0.25, -0.2) is 9.97 Å². The number of carboxylic acid groups (broad SMARTS) is 1. The monoisotopic (exact) mass is 563 g/mol. The van der Waals surface area contributed by atoms with E-state index in [9.17, 15) is 14.7 Å². The summed E-state index contributed by atoms with van der Waals surface area (Å²) in [7, 11) is 1.80. The maximum atomic E-state index is 13.1. The third kappa shape index (κ3) is 6.75. The molecule has 1 fully saturated rings. The fourth-order valence-electron chi connectivity index (χ4n) is 4.91. The number of carbonyl (C=O) groups excluding carboxylic acids is 1. The van der Waals surface area contributed by atoms with Crippen LogP contribution in [0.4, 0.5) is 17.3 Å². The second kappa shape index (κ2) is 13.0. The number of hydrogen-bond acceptors (Lipinski definition) is 7. The number of carbonyl (C=O) groups is 2. The zero-order valence-corrected chi connectivity index (χ0v) is 23.5. The second-order valence-electron chi connectivity index (χ2n) is 10.1. The molecule has 0 radical (unpaired) electrons. The average Bonchev–Trinajstić information content (AvgIpc) is 3.54. The lowest BCUT2D eigenvalue weighted by molar-refractivity contribution is -0.136. The average molecular weight is 564 g/mol. The fourth-order valence-corrected chi connectivity index (χ4v) is 4.91. The molecule has 1 aliphatic heterocycles. The van der Waals surface area contributed by atoms with Gasteiger partial charge in [0.15, 0.2) is 0 Å². The molecule has 9 nitrogen and oxygen atoms in total. The number of nitrogens with zero attached hydrogens (tertiary/aromatic N) is 4. The molecule has 5 rings (SSSR count). The number of aliphatic carboxylic acids is 1. The van der Waals surface area contributed by atoms with E-state index < -0.39 is 5.97 Å². The van der Waals surface area contributed by atoms with Crippen LogP contribution in [0, 0.1) is 0 Å². The van der Waals surface area contributed by atoms with E-state index in [1.54, 1.807) is 36.3 Å². The van der Waals surface area contributed by atoms with E-state index in [1.807, 2.05) is 60.7 Å². The molecule has 0 unspecified atom stereocenters. The quantitative estimate of drug-likeness (QED) is 0.232. The largest absolute Gasteiger partial charge is 0.481 e. The molecule has 0 bridgehead atoms. The minimum Gasteiger partial charge on any atom is -0.481 e. The summed E-state index contributed by atoms with van der Waals surface area (Å²) in [5, 5.41) is 12.6. The lowest BCUT2D eigenvalue weighted by Gasteiger charge is -2.25. The Kier molecular flexibility index (Phi) is 8.77. The first-order valence-electron chi connectivity index (χ1n) is 13.9. The van der Waals surface area contributed by atoms with Gasteiger partial charge in [0, 0.05) is 37.8 Å². The lowest BCUT2D eigenvalue weighted by atomic mass is 10.1. The molecule has 0 spiro atoms. The van der Waals surface area contributed by atoms with Gasteiger partial charge >= 0.3 is 5.97 Å².